The van der Waals surface area contributed by atoms with Crippen LogP contribution in [-0.2, 0) is 14.3 Å². The normalized spacial score (nSPS) is 12.9. The number of carbonyl (C=O) groups excluding carboxylic acids is 1. The van der Waals surface area contributed by atoms with E-state index in [-0.39, 0.29) is 9.89 Å². The second-order valence-corrected chi connectivity index (χ2v) is 5.17. The van der Waals surface area contributed by atoms with Crippen LogP contribution in [0.4, 0.5) is 0 Å². The zero-order valence-corrected chi connectivity index (χ0v) is 11.7. The van der Waals surface area contributed by atoms with Crippen LogP contribution in [0.5, 0.6) is 0 Å². The number of halogens is 1. The van der Waals surface area contributed by atoms with Crippen LogP contribution in [0.25, 0.3) is 0 Å². The van der Waals surface area contributed by atoms with Crippen LogP contribution in [0.2, 0.25) is 0 Å². The van der Waals surface area contributed by atoms with Gasteiger partial charge in [0, 0.05) is 19.7 Å². The third kappa shape index (κ3) is 9.07. The quantitative estimate of drug-likeness (QED) is 0.315. The summed E-state index contributed by atoms with van der Waals surface area (Å²) < 4.78 is 9.86. The smallest absolute Gasteiger partial charge is 0.319 e. The van der Waals surface area contributed by atoms with E-state index in [1.54, 1.807) is 0 Å². The first-order valence-electron chi connectivity index (χ1n) is 5.08. The number of nitrogens with one attached hydrogen (secondary N) is 1. The molecule has 0 spiro atoms. The minimum Gasteiger partial charge on any atom is -0.468 e. The zero-order chi connectivity index (χ0) is 11.7. The van der Waals surface area contributed by atoms with Gasteiger partial charge in [0.25, 0.3) is 0 Å². The van der Waals surface area contributed by atoms with Gasteiger partial charge in [0.05, 0.1) is 13.7 Å². The highest BCUT2D eigenvalue weighted by Gasteiger charge is 2.13. The Bertz CT molecular complexity index is 176. The number of carbonyl (C=O) groups is 1. The van der Waals surface area contributed by atoms with Crippen LogP contribution in [0.1, 0.15) is 13.8 Å². The summed E-state index contributed by atoms with van der Waals surface area (Å²) in [7, 11) is 1.40. The van der Waals surface area contributed by atoms with Crippen molar-refractivity contribution in [1.29, 1.82) is 0 Å². The highest BCUT2D eigenvalue weighted by Crippen LogP contribution is 2.00. The van der Waals surface area contributed by atoms with Gasteiger partial charge < -0.3 is 14.8 Å². The molecule has 0 aromatic carbocycles. The van der Waals surface area contributed by atoms with E-state index in [1.165, 1.54) is 7.11 Å². The SMILES string of the molecule is COC(=O)C(I)CNCCOCC(C)C. The molecule has 0 aromatic heterocycles. The molecule has 0 aliphatic heterocycles. The van der Waals surface area contributed by atoms with Gasteiger partial charge in [-0.15, -0.1) is 0 Å². The fraction of sp³-hybridized carbons (Fsp3) is 0.900. The minimum atomic E-state index is -0.189. The molecule has 1 atom stereocenters. The Hall–Kier alpha value is 0.120. The average molecular weight is 329 g/mol. The van der Waals surface area contributed by atoms with E-state index in [2.05, 4.69) is 46.5 Å². The maximum absolute atomic E-state index is 11.0. The molecule has 0 radical (unpaired) electrons. The number of ether oxygens (including phenoxy) is 2. The van der Waals surface area contributed by atoms with Crippen molar-refractivity contribution in [2.24, 2.45) is 5.92 Å². The lowest BCUT2D eigenvalue weighted by Gasteiger charge is -2.10. The third-order valence-electron chi connectivity index (χ3n) is 1.65. The number of rotatable bonds is 8. The van der Waals surface area contributed by atoms with Crippen molar-refractivity contribution in [2.75, 3.05) is 33.4 Å². The maximum Gasteiger partial charge on any atom is 0.319 e. The molecule has 5 heteroatoms. The van der Waals surface area contributed by atoms with Crippen LogP contribution in [0.3, 0.4) is 0 Å². The Labute approximate surface area is 105 Å². The van der Waals surface area contributed by atoms with Crippen molar-refractivity contribution in [3.05, 3.63) is 0 Å². The molecule has 1 N–H and O–H groups in total. The highest BCUT2D eigenvalue weighted by molar-refractivity contribution is 14.1. The average Bonchev–Trinajstić information content (AvgIpc) is 2.21. The number of esters is 1. The number of alkyl halides is 1. The Balaban J connectivity index is 3.27. The van der Waals surface area contributed by atoms with Crippen molar-refractivity contribution >= 4 is 28.6 Å². The standard InChI is InChI=1S/C10H20INO3/c1-8(2)7-15-5-4-12-6-9(11)10(13)14-3/h8-9,12H,4-7H2,1-3H3. The summed E-state index contributed by atoms with van der Waals surface area (Å²) in [4.78, 5) is 11.0. The molecule has 90 valence electrons. The minimum absolute atomic E-state index is 0.127. The maximum atomic E-state index is 11.0. The van der Waals surface area contributed by atoms with Gasteiger partial charge in [0.2, 0.25) is 0 Å². The van der Waals surface area contributed by atoms with E-state index in [9.17, 15) is 4.79 Å². The lowest BCUT2D eigenvalue weighted by atomic mass is 10.2. The van der Waals surface area contributed by atoms with Crippen molar-refractivity contribution < 1.29 is 14.3 Å². The molecule has 0 bridgehead atoms. The van der Waals surface area contributed by atoms with Crippen molar-refractivity contribution in [3.8, 4) is 0 Å². The monoisotopic (exact) mass is 329 g/mol. The van der Waals surface area contributed by atoms with E-state index in [1.807, 2.05) is 0 Å². The Morgan fingerprint density at radius 2 is 2.13 bits per heavy atom. The van der Waals surface area contributed by atoms with Gasteiger partial charge in [0.1, 0.15) is 3.92 Å². The van der Waals surface area contributed by atoms with Crippen LogP contribution < -0.4 is 5.32 Å². The van der Waals surface area contributed by atoms with Crippen molar-refractivity contribution in [1.82, 2.24) is 5.32 Å². The van der Waals surface area contributed by atoms with E-state index >= 15 is 0 Å². The van der Waals surface area contributed by atoms with Gasteiger partial charge in [-0.2, -0.15) is 0 Å². The number of hydrogen-bond acceptors (Lipinski definition) is 4. The Morgan fingerprint density at radius 3 is 2.67 bits per heavy atom. The van der Waals surface area contributed by atoms with Crippen molar-refractivity contribution in [3.63, 3.8) is 0 Å². The van der Waals surface area contributed by atoms with Gasteiger partial charge in [-0.1, -0.05) is 36.4 Å². The lowest BCUT2D eigenvalue weighted by molar-refractivity contribution is -0.139. The van der Waals surface area contributed by atoms with Gasteiger partial charge >= 0.3 is 5.97 Å². The first-order valence-corrected chi connectivity index (χ1v) is 6.32. The summed E-state index contributed by atoms with van der Waals surface area (Å²) >= 11 is 2.06. The second kappa shape index (κ2) is 9.35. The number of hydrogen-bond donors (Lipinski definition) is 1. The molecule has 0 rings (SSSR count). The molecule has 4 nitrogen and oxygen atoms in total. The molecule has 0 aliphatic carbocycles. The molecule has 0 fully saturated rings. The largest absolute Gasteiger partial charge is 0.468 e. The van der Waals surface area contributed by atoms with E-state index in [0.29, 0.717) is 19.1 Å². The second-order valence-electron chi connectivity index (χ2n) is 3.66. The molecule has 0 saturated heterocycles. The summed E-state index contributed by atoms with van der Waals surface area (Å²) in [5, 5.41) is 3.14. The highest BCUT2D eigenvalue weighted by atomic mass is 127. The lowest BCUT2D eigenvalue weighted by Crippen LogP contribution is -2.31. The summed E-state index contributed by atoms with van der Waals surface area (Å²) in [5.41, 5.74) is 0. The molecule has 15 heavy (non-hydrogen) atoms. The molecule has 1 unspecified atom stereocenters. The first-order chi connectivity index (χ1) is 7.07. The molecular formula is C10H20INO3. The predicted molar refractivity (Wildman–Crippen MR) is 68.4 cm³/mol. The summed E-state index contributed by atoms with van der Waals surface area (Å²) in [5.74, 6) is 0.378. The summed E-state index contributed by atoms with van der Waals surface area (Å²) in [6.07, 6.45) is 0. The fourth-order valence-electron chi connectivity index (χ4n) is 0.903. The van der Waals surface area contributed by atoms with Crippen LogP contribution >= 0.6 is 22.6 Å². The topological polar surface area (TPSA) is 47.6 Å². The molecule has 0 aliphatic rings. The van der Waals surface area contributed by atoms with Crippen molar-refractivity contribution in [2.45, 2.75) is 17.8 Å². The molecule has 0 aromatic rings. The van der Waals surface area contributed by atoms with E-state index in [0.717, 1.165) is 13.2 Å². The van der Waals surface area contributed by atoms with E-state index < -0.39 is 0 Å². The summed E-state index contributed by atoms with van der Waals surface area (Å²) in [6.45, 7) is 7.09. The molecule has 0 saturated carbocycles. The molecule has 0 heterocycles. The van der Waals surface area contributed by atoms with Crippen LogP contribution in [-0.4, -0.2) is 43.3 Å². The number of methoxy groups -OCH3 is 1. The zero-order valence-electron chi connectivity index (χ0n) is 9.59. The van der Waals surface area contributed by atoms with Crippen LogP contribution in [0.15, 0.2) is 0 Å². The first kappa shape index (κ1) is 15.1. The molecular weight excluding hydrogens is 309 g/mol. The van der Waals surface area contributed by atoms with Gasteiger partial charge in [-0.05, 0) is 5.92 Å². The third-order valence-corrected chi connectivity index (χ3v) is 2.60. The van der Waals surface area contributed by atoms with Gasteiger partial charge in [-0.3, -0.25) is 4.79 Å². The summed E-state index contributed by atoms with van der Waals surface area (Å²) in [6, 6.07) is 0. The van der Waals surface area contributed by atoms with E-state index in [4.69, 9.17) is 4.74 Å². The Morgan fingerprint density at radius 1 is 1.47 bits per heavy atom. The fourth-order valence-corrected chi connectivity index (χ4v) is 1.47. The van der Waals surface area contributed by atoms with Gasteiger partial charge in [-0.25, -0.2) is 0 Å². The predicted octanol–water partition coefficient (Wildman–Crippen LogP) is 1.23. The molecule has 0 amide bonds. The van der Waals surface area contributed by atoms with Gasteiger partial charge in [0.15, 0.2) is 0 Å². The Kier molecular flexibility index (Phi) is 9.43. The van der Waals surface area contributed by atoms with Crippen LogP contribution in [0, 0.1) is 5.92 Å².